The van der Waals surface area contributed by atoms with Crippen molar-refractivity contribution >= 4 is 17.0 Å². The summed E-state index contributed by atoms with van der Waals surface area (Å²) in [5.41, 5.74) is 7.06. The van der Waals surface area contributed by atoms with Gasteiger partial charge in [-0.3, -0.25) is 0 Å². The maximum Gasteiger partial charge on any atom is 0.166 e. The molecule has 1 aliphatic rings. The lowest BCUT2D eigenvalue weighted by atomic mass is 10.0. The molecule has 8 nitrogen and oxygen atoms in total. The van der Waals surface area contributed by atoms with Crippen LogP contribution in [0.3, 0.4) is 0 Å². The first-order chi connectivity index (χ1) is 10.0. The summed E-state index contributed by atoms with van der Waals surface area (Å²) < 4.78 is 1.62. The summed E-state index contributed by atoms with van der Waals surface area (Å²) in [6.45, 7) is 1.80. The molecule has 5 N–H and O–H groups in total. The van der Waals surface area contributed by atoms with Crippen LogP contribution in [0.2, 0.25) is 0 Å². The Morgan fingerprint density at radius 2 is 2.10 bits per heavy atom. The molecule has 0 radical (unpaired) electrons. The third kappa shape index (κ3) is 2.08. The minimum atomic E-state index is -1.11. The molecule has 0 amide bonds. The second-order valence-corrected chi connectivity index (χ2v) is 5.10. The van der Waals surface area contributed by atoms with Crippen LogP contribution in [0.15, 0.2) is 24.3 Å². The van der Waals surface area contributed by atoms with Crippen LogP contribution >= 0.6 is 0 Å². The summed E-state index contributed by atoms with van der Waals surface area (Å²) in [5.74, 6) is 0.254. The molecule has 4 atom stereocenters. The van der Waals surface area contributed by atoms with Crippen molar-refractivity contribution in [3.05, 3.63) is 24.3 Å². The van der Waals surface area contributed by atoms with Gasteiger partial charge < -0.3 is 25.6 Å². The van der Waals surface area contributed by atoms with Gasteiger partial charge in [0.1, 0.15) is 24.1 Å². The Labute approximate surface area is 120 Å². The fourth-order valence-corrected chi connectivity index (χ4v) is 2.66. The van der Waals surface area contributed by atoms with E-state index in [-0.39, 0.29) is 5.82 Å². The number of nitrogen functional groups attached to an aromatic ring is 1. The van der Waals surface area contributed by atoms with Gasteiger partial charge in [-0.15, -0.1) is 0 Å². The summed E-state index contributed by atoms with van der Waals surface area (Å²) in [7, 11) is 0. The molecule has 1 aliphatic carbocycles. The number of hydrogen-bond acceptors (Lipinski definition) is 7. The van der Waals surface area contributed by atoms with Gasteiger partial charge >= 0.3 is 0 Å². The third-order valence-corrected chi connectivity index (χ3v) is 3.86. The van der Waals surface area contributed by atoms with Gasteiger partial charge in [-0.1, -0.05) is 13.0 Å². The van der Waals surface area contributed by atoms with Crippen molar-refractivity contribution in [1.82, 2.24) is 19.5 Å². The van der Waals surface area contributed by atoms with Gasteiger partial charge in [0.2, 0.25) is 0 Å². The van der Waals surface area contributed by atoms with Gasteiger partial charge in [-0.25, -0.2) is 15.0 Å². The van der Waals surface area contributed by atoms with Crippen molar-refractivity contribution < 1.29 is 15.3 Å². The minimum absolute atomic E-state index is 0.254. The van der Waals surface area contributed by atoms with Gasteiger partial charge in [0, 0.05) is 0 Å². The van der Waals surface area contributed by atoms with Crippen LogP contribution in [-0.4, -0.2) is 53.2 Å². The van der Waals surface area contributed by atoms with E-state index in [4.69, 9.17) is 5.73 Å². The van der Waals surface area contributed by atoms with Gasteiger partial charge in [0.05, 0.1) is 18.5 Å². The van der Waals surface area contributed by atoms with Gasteiger partial charge in [-0.2, -0.15) is 0 Å². The molecule has 0 saturated heterocycles. The van der Waals surface area contributed by atoms with Crippen LogP contribution < -0.4 is 5.73 Å². The Bertz CT molecular complexity index is 698. The highest BCUT2D eigenvalue weighted by molar-refractivity contribution is 5.81. The van der Waals surface area contributed by atoms with E-state index < -0.39 is 24.4 Å². The molecule has 0 unspecified atom stereocenters. The number of rotatable bonds is 3. The third-order valence-electron chi connectivity index (χ3n) is 3.86. The van der Waals surface area contributed by atoms with Gasteiger partial charge in [0.15, 0.2) is 11.5 Å². The first-order valence-corrected chi connectivity index (χ1v) is 6.73. The van der Waals surface area contributed by atoms with Crippen LogP contribution in [0.5, 0.6) is 0 Å². The number of nitrogens with two attached hydrogens (primary N) is 1. The van der Waals surface area contributed by atoms with Crippen LogP contribution in [0, 0.1) is 0 Å². The van der Waals surface area contributed by atoms with E-state index in [1.54, 1.807) is 17.6 Å². The van der Waals surface area contributed by atoms with E-state index in [0.29, 0.717) is 23.2 Å². The molecule has 0 bridgehead atoms. The van der Waals surface area contributed by atoms with Crippen LogP contribution in [0.1, 0.15) is 19.4 Å². The van der Waals surface area contributed by atoms with Crippen LogP contribution in [0.25, 0.3) is 11.2 Å². The molecule has 2 aromatic heterocycles. The summed E-state index contributed by atoms with van der Waals surface area (Å²) in [5, 5.41) is 30.2. The molecular formula is C13H17N5O3. The molecule has 0 fully saturated rings. The Kier molecular flexibility index (Phi) is 3.36. The van der Waals surface area contributed by atoms with E-state index in [1.807, 2.05) is 0 Å². The lowest BCUT2D eigenvalue weighted by Crippen LogP contribution is -2.31. The second-order valence-electron chi connectivity index (χ2n) is 5.10. The van der Waals surface area contributed by atoms with Crippen molar-refractivity contribution in [2.75, 3.05) is 5.73 Å². The zero-order valence-corrected chi connectivity index (χ0v) is 11.5. The topological polar surface area (TPSA) is 130 Å². The number of imidazole rings is 1. The van der Waals surface area contributed by atoms with Crippen LogP contribution in [0.4, 0.5) is 5.82 Å². The molecule has 0 saturated carbocycles. The predicted molar refractivity (Wildman–Crippen MR) is 75.2 cm³/mol. The van der Waals surface area contributed by atoms with E-state index in [0.717, 1.165) is 0 Å². The number of nitrogens with zero attached hydrogens (tertiary/aromatic N) is 4. The minimum Gasteiger partial charge on any atom is -0.389 e. The molecule has 3 rings (SSSR count). The maximum atomic E-state index is 10.2. The molecule has 0 spiro atoms. The average Bonchev–Trinajstić information content (AvgIpc) is 3.02. The summed E-state index contributed by atoms with van der Waals surface area (Å²) in [4.78, 5) is 12.1. The van der Waals surface area contributed by atoms with E-state index >= 15 is 0 Å². The number of aliphatic hydroxyl groups is 3. The Hall–Kier alpha value is -2.03. The number of aromatic nitrogens is 4. The maximum absolute atomic E-state index is 10.2. The largest absolute Gasteiger partial charge is 0.389 e. The van der Waals surface area contributed by atoms with Crippen molar-refractivity contribution in [2.24, 2.45) is 0 Å². The van der Waals surface area contributed by atoms with Crippen molar-refractivity contribution in [3.8, 4) is 0 Å². The van der Waals surface area contributed by atoms with Crippen molar-refractivity contribution in [2.45, 2.75) is 37.7 Å². The Morgan fingerprint density at radius 3 is 2.81 bits per heavy atom. The van der Waals surface area contributed by atoms with Gasteiger partial charge in [0.25, 0.3) is 0 Å². The van der Waals surface area contributed by atoms with Crippen molar-refractivity contribution in [3.63, 3.8) is 0 Å². The second kappa shape index (κ2) is 5.06. The smallest absolute Gasteiger partial charge is 0.166 e. The molecule has 0 aliphatic heterocycles. The predicted octanol–water partition coefficient (Wildman–Crippen LogP) is -0.618. The first-order valence-electron chi connectivity index (χ1n) is 6.73. The Balaban J connectivity index is 2.06. The molecular weight excluding hydrogens is 274 g/mol. The highest BCUT2D eigenvalue weighted by Gasteiger charge is 2.38. The fourth-order valence-electron chi connectivity index (χ4n) is 2.66. The SMILES string of the molecule is CC[C@@H](O)C1=C[C@@H](n2cnc3c(N)ncnc32)[C@H](O)[C@@H]1O. The van der Waals surface area contributed by atoms with E-state index in [2.05, 4.69) is 15.0 Å². The lowest BCUT2D eigenvalue weighted by molar-refractivity contribution is 0.0221. The molecule has 2 heterocycles. The standard InChI is InChI=1S/C13H17N5O3/c1-2-8(19)6-3-7(11(21)10(6)20)18-5-17-9-12(14)15-4-16-13(9)18/h3-5,7-8,10-11,19-21H,2H2,1H3,(H2,14,15,16)/t7-,8-,10-,11+/m1/s1. The molecule has 0 aromatic carbocycles. The first kappa shape index (κ1) is 13.9. The van der Waals surface area contributed by atoms with E-state index in [9.17, 15) is 15.3 Å². The normalized spacial score (nSPS) is 27.0. The van der Waals surface area contributed by atoms with E-state index in [1.165, 1.54) is 12.7 Å². The molecule has 8 heteroatoms. The molecule has 112 valence electrons. The average molecular weight is 291 g/mol. The highest BCUT2D eigenvalue weighted by Crippen LogP contribution is 2.33. The zero-order chi connectivity index (χ0) is 15.1. The summed E-state index contributed by atoms with van der Waals surface area (Å²) in [6.07, 6.45) is 1.96. The number of hydrogen-bond donors (Lipinski definition) is 4. The zero-order valence-electron chi connectivity index (χ0n) is 11.5. The Morgan fingerprint density at radius 1 is 1.33 bits per heavy atom. The quantitative estimate of drug-likeness (QED) is 0.554. The lowest BCUT2D eigenvalue weighted by Gasteiger charge is -2.20. The summed E-state index contributed by atoms with van der Waals surface area (Å²) >= 11 is 0. The van der Waals surface area contributed by atoms with Crippen LogP contribution in [-0.2, 0) is 0 Å². The number of fused-ring (bicyclic) bond motifs is 1. The molecule has 21 heavy (non-hydrogen) atoms. The molecule has 2 aromatic rings. The van der Waals surface area contributed by atoms with Gasteiger partial charge in [-0.05, 0) is 12.0 Å². The monoisotopic (exact) mass is 291 g/mol. The highest BCUT2D eigenvalue weighted by atomic mass is 16.3. The summed E-state index contributed by atoms with van der Waals surface area (Å²) in [6, 6.07) is -0.560. The van der Waals surface area contributed by atoms with Crippen molar-refractivity contribution in [1.29, 1.82) is 0 Å². The number of aliphatic hydroxyl groups excluding tert-OH is 3. The number of anilines is 1. The fraction of sp³-hybridized carbons (Fsp3) is 0.462.